The number of hydrazone groups is 1. The van der Waals surface area contributed by atoms with Gasteiger partial charge in [-0.05, 0) is 58.6 Å². The molecule has 0 unspecified atom stereocenters. The van der Waals surface area contributed by atoms with Crippen LogP contribution in [0.15, 0.2) is 69.0 Å². The fourth-order valence-electron chi connectivity index (χ4n) is 3.41. The second-order valence-electron chi connectivity index (χ2n) is 6.90. The van der Waals surface area contributed by atoms with Crippen molar-refractivity contribution < 1.29 is 13.9 Å². The third-order valence-corrected chi connectivity index (χ3v) is 5.65. The average Bonchev–Trinajstić information content (AvgIpc) is 3.59. The highest BCUT2D eigenvalue weighted by Gasteiger charge is 2.35. The summed E-state index contributed by atoms with van der Waals surface area (Å²) in [4.78, 5) is 14.4. The van der Waals surface area contributed by atoms with Gasteiger partial charge in [-0.3, -0.25) is 4.79 Å². The first-order valence-electron chi connectivity index (χ1n) is 9.59. The molecule has 0 fully saturated rings. The zero-order chi connectivity index (χ0) is 21.2. The number of carbonyl (C=O) groups excluding carboxylic acids is 1. The molecule has 4 aromatic rings. The molecule has 0 aliphatic carbocycles. The van der Waals surface area contributed by atoms with Crippen LogP contribution in [0.4, 0.5) is 0 Å². The summed E-state index contributed by atoms with van der Waals surface area (Å²) < 4.78 is 10.8. The minimum atomic E-state index is -0.334. The van der Waals surface area contributed by atoms with Crippen molar-refractivity contribution in [3.63, 3.8) is 0 Å². The van der Waals surface area contributed by atoms with Crippen LogP contribution in [0, 0.1) is 0 Å². The molecule has 156 valence electrons. The van der Waals surface area contributed by atoms with Gasteiger partial charge in [0.05, 0.1) is 19.1 Å². The standard InChI is InChI=1S/C21H18N6O3S/c1-29-16-6-4-14(5-7-16)17-11-18(19-3-2-9-30-19)27(23-17)20(28)12-26-24-21(22-25-26)15-8-10-31-13-15/h2-10,13,18H,11-12H2,1H3/t18-/m1/s1. The molecule has 0 radical (unpaired) electrons. The molecule has 4 heterocycles. The molecule has 10 heteroatoms. The number of rotatable bonds is 6. The molecule has 0 saturated carbocycles. The average molecular weight is 434 g/mol. The maximum absolute atomic E-state index is 13.1. The lowest BCUT2D eigenvalue weighted by atomic mass is 10.0. The number of hydrogen-bond acceptors (Lipinski definition) is 8. The van der Waals surface area contributed by atoms with Crippen molar-refractivity contribution in [1.29, 1.82) is 0 Å². The van der Waals surface area contributed by atoms with Crippen LogP contribution >= 0.6 is 11.3 Å². The number of benzene rings is 1. The molecule has 0 spiro atoms. The van der Waals surface area contributed by atoms with E-state index in [1.165, 1.54) is 9.81 Å². The van der Waals surface area contributed by atoms with Crippen molar-refractivity contribution in [2.45, 2.75) is 19.0 Å². The Bertz CT molecular complexity index is 1200. The Morgan fingerprint density at radius 1 is 1.23 bits per heavy atom. The van der Waals surface area contributed by atoms with E-state index < -0.39 is 0 Å². The Labute approximate surface area is 181 Å². The van der Waals surface area contributed by atoms with Crippen molar-refractivity contribution in [2.24, 2.45) is 5.10 Å². The predicted molar refractivity (Wildman–Crippen MR) is 114 cm³/mol. The number of furan rings is 1. The zero-order valence-corrected chi connectivity index (χ0v) is 17.4. The summed E-state index contributed by atoms with van der Waals surface area (Å²) in [5, 5.41) is 22.3. The molecular formula is C21H18N6O3S. The van der Waals surface area contributed by atoms with E-state index in [1.54, 1.807) is 30.8 Å². The third-order valence-electron chi connectivity index (χ3n) is 4.97. The number of carbonyl (C=O) groups is 1. The number of aromatic nitrogens is 4. The Morgan fingerprint density at radius 2 is 2.10 bits per heavy atom. The molecular weight excluding hydrogens is 416 g/mol. The van der Waals surface area contributed by atoms with Gasteiger partial charge in [-0.1, -0.05) is 0 Å². The quantitative estimate of drug-likeness (QED) is 0.461. The first-order valence-corrected chi connectivity index (χ1v) is 10.5. The number of nitrogens with zero attached hydrogens (tertiary/aromatic N) is 6. The molecule has 31 heavy (non-hydrogen) atoms. The van der Waals surface area contributed by atoms with E-state index in [9.17, 15) is 4.79 Å². The maximum Gasteiger partial charge on any atom is 0.267 e. The number of amides is 1. The number of thiophene rings is 1. The van der Waals surface area contributed by atoms with E-state index in [0.717, 1.165) is 22.6 Å². The van der Waals surface area contributed by atoms with Gasteiger partial charge < -0.3 is 9.15 Å². The fraction of sp³-hybridized carbons (Fsp3) is 0.190. The van der Waals surface area contributed by atoms with Crippen LogP contribution in [0.5, 0.6) is 5.75 Å². The van der Waals surface area contributed by atoms with E-state index in [2.05, 4.69) is 20.5 Å². The smallest absolute Gasteiger partial charge is 0.267 e. The molecule has 0 saturated heterocycles. The van der Waals surface area contributed by atoms with Gasteiger partial charge in [0, 0.05) is 17.4 Å². The second-order valence-corrected chi connectivity index (χ2v) is 7.68. The summed E-state index contributed by atoms with van der Waals surface area (Å²) in [7, 11) is 1.62. The molecule has 3 aromatic heterocycles. The fourth-order valence-corrected chi connectivity index (χ4v) is 4.05. The van der Waals surface area contributed by atoms with E-state index in [1.807, 2.05) is 47.2 Å². The van der Waals surface area contributed by atoms with Crippen LogP contribution in [0.2, 0.25) is 0 Å². The molecule has 1 amide bonds. The lowest BCUT2D eigenvalue weighted by Gasteiger charge is -2.19. The molecule has 1 atom stereocenters. The number of methoxy groups -OCH3 is 1. The molecule has 5 rings (SSSR count). The van der Waals surface area contributed by atoms with Gasteiger partial charge in [0.2, 0.25) is 5.82 Å². The van der Waals surface area contributed by atoms with Crippen LogP contribution < -0.4 is 4.74 Å². The van der Waals surface area contributed by atoms with Gasteiger partial charge in [-0.25, -0.2) is 5.01 Å². The lowest BCUT2D eigenvalue weighted by Crippen LogP contribution is -2.31. The minimum absolute atomic E-state index is 0.0757. The van der Waals surface area contributed by atoms with Crippen molar-refractivity contribution in [1.82, 2.24) is 25.2 Å². The predicted octanol–water partition coefficient (Wildman–Crippen LogP) is 3.38. The molecule has 9 nitrogen and oxygen atoms in total. The van der Waals surface area contributed by atoms with Gasteiger partial charge in [0.25, 0.3) is 5.91 Å². The van der Waals surface area contributed by atoms with Crippen LogP contribution in [0.25, 0.3) is 11.4 Å². The highest BCUT2D eigenvalue weighted by molar-refractivity contribution is 7.08. The molecule has 0 bridgehead atoms. The Kier molecular flexibility index (Phi) is 5.04. The number of hydrogen-bond donors (Lipinski definition) is 0. The molecule has 1 aliphatic rings. The zero-order valence-electron chi connectivity index (χ0n) is 16.6. The van der Waals surface area contributed by atoms with Gasteiger partial charge in [-0.2, -0.15) is 21.2 Å². The monoisotopic (exact) mass is 434 g/mol. The third kappa shape index (κ3) is 3.84. The van der Waals surface area contributed by atoms with E-state index in [0.29, 0.717) is 18.0 Å². The maximum atomic E-state index is 13.1. The Morgan fingerprint density at radius 3 is 2.81 bits per heavy atom. The van der Waals surface area contributed by atoms with Crippen LogP contribution in [0.1, 0.15) is 23.8 Å². The number of tetrazole rings is 1. The summed E-state index contributed by atoms with van der Waals surface area (Å²) in [6.07, 6.45) is 2.13. The lowest BCUT2D eigenvalue weighted by molar-refractivity contribution is -0.134. The highest BCUT2D eigenvalue weighted by atomic mass is 32.1. The van der Waals surface area contributed by atoms with E-state index in [4.69, 9.17) is 9.15 Å². The highest BCUT2D eigenvalue weighted by Crippen LogP contribution is 2.33. The summed E-state index contributed by atoms with van der Waals surface area (Å²) >= 11 is 1.55. The van der Waals surface area contributed by atoms with Gasteiger partial charge >= 0.3 is 0 Å². The van der Waals surface area contributed by atoms with Crippen LogP contribution in [0.3, 0.4) is 0 Å². The van der Waals surface area contributed by atoms with Crippen molar-refractivity contribution in [3.05, 3.63) is 70.8 Å². The summed E-state index contributed by atoms with van der Waals surface area (Å²) in [6.45, 7) is -0.0757. The van der Waals surface area contributed by atoms with Crippen molar-refractivity contribution in [3.8, 4) is 17.1 Å². The van der Waals surface area contributed by atoms with Gasteiger partial charge in [-0.15, -0.1) is 10.2 Å². The minimum Gasteiger partial charge on any atom is -0.497 e. The normalized spacial score (nSPS) is 15.8. The van der Waals surface area contributed by atoms with Crippen molar-refractivity contribution in [2.75, 3.05) is 7.11 Å². The van der Waals surface area contributed by atoms with E-state index >= 15 is 0 Å². The molecule has 0 N–H and O–H groups in total. The summed E-state index contributed by atoms with van der Waals surface area (Å²) in [5.41, 5.74) is 2.59. The van der Waals surface area contributed by atoms with Crippen LogP contribution in [-0.4, -0.2) is 43.9 Å². The van der Waals surface area contributed by atoms with Crippen molar-refractivity contribution >= 4 is 23.0 Å². The molecule has 1 aliphatic heterocycles. The Balaban J connectivity index is 1.39. The van der Waals surface area contributed by atoms with Gasteiger partial charge in [0.15, 0.2) is 0 Å². The SMILES string of the molecule is COc1ccc(C2=NN(C(=O)Cn3nnc(-c4ccsc4)n3)[C@@H](c3ccco3)C2)cc1. The molecule has 1 aromatic carbocycles. The topological polar surface area (TPSA) is 98.6 Å². The summed E-state index contributed by atoms with van der Waals surface area (Å²) in [5.74, 6) is 1.67. The largest absolute Gasteiger partial charge is 0.497 e. The van der Waals surface area contributed by atoms with Crippen LogP contribution in [-0.2, 0) is 11.3 Å². The first kappa shape index (κ1) is 19.2. The van der Waals surface area contributed by atoms with E-state index in [-0.39, 0.29) is 18.5 Å². The Hall–Kier alpha value is -3.79. The first-order chi connectivity index (χ1) is 15.2. The number of ether oxygens (including phenoxy) is 1. The van der Waals surface area contributed by atoms with Gasteiger partial charge in [0.1, 0.15) is 24.1 Å². The summed E-state index contributed by atoms with van der Waals surface area (Å²) in [6, 6.07) is 12.8. The second kappa shape index (κ2) is 8.15.